The SMILES string of the molecule is CCc1cc(C(=O)Cc2cccc(Cl)c2Cl)n(C)n1. The quantitative estimate of drug-likeness (QED) is 0.806. The molecule has 0 fully saturated rings. The third kappa shape index (κ3) is 2.99. The van der Waals surface area contributed by atoms with Crippen LogP contribution in [0.5, 0.6) is 0 Å². The van der Waals surface area contributed by atoms with Crippen molar-refractivity contribution in [2.24, 2.45) is 7.05 Å². The second kappa shape index (κ2) is 5.76. The van der Waals surface area contributed by atoms with E-state index in [1.165, 1.54) is 0 Å². The summed E-state index contributed by atoms with van der Waals surface area (Å²) in [5.41, 5.74) is 2.23. The molecule has 0 N–H and O–H groups in total. The maximum Gasteiger partial charge on any atom is 0.185 e. The number of nitrogens with zero attached hydrogens (tertiary/aromatic N) is 2. The van der Waals surface area contributed by atoms with Gasteiger partial charge in [0.2, 0.25) is 0 Å². The summed E-state index contributed by atoms with van der Waals surface area (Å²) >= 11 is 12.0. The average molecular weight is 297 g/mol. The van der Waals surface area contributed by atoms with Gasteiger partial charge in [-0.05, 0) is 24.1 Å². The fourth-order valence-corrected chi connectivity index (χ4v) is 2.30. The molecule has 0 saturated heterocycles. The summed E-state index contributed by atoms with van der Waals surface area (Å²) in [7, 11) is 1.77. The number of hydrogen-bond acceptors (Lipinski definition) is 2. The molecule has 1 aromatic heterocycles. The minimum Gasteiger partial charge on any atom is -0.292 e. The van der Waals surface area contributed by atoms with Crippen molar-refractivity contribution in [3.63, 3.8) is 0 Å². The molecule has 0 radical (unpaired) electrons. The Bertz CT molecular complexity index is 620. The Morgan fingerprint density at radius 3 is 2.74 bits per heavy atom. The lowest BCUT2D eigenvalue weighted by Crippen LogP contribution is -2.09. The Morgan fingerprint density at radius 1 is 1.37 bits per heavy atom. The van der Waals surface area contributed by atoms with Gasteiger partial charge in [0.05, 0.1) is 15.7 Å². The first-order valence-electron chi connectivity index (χ1n) is 6.02. The first kappa shape index (κ1) is 14.1. The number of aromatic nitrogens is 2. The molecule has 1 aromatic carbocycles. The van der Waals surface area contributed by atoms with E-state index in [2.05, 4.69) is 5.10 Å². The highest BCUT2D eigenvalue weighted by Gasteiger charge is 2.15. The van der Waals surface area contributed by atoms with Crippen molar-refractivity contribution >= 4 is 29.0 Å². The van der Waals surface area contributed by atoms with Gasteiger partial charge in [-0.15, -0.1) is 0 Å². The topological polar surface area (TPSA) is 34.9 Å². The van der Waals surface area contributed by atoms with Crippen molar-refractivity contribution in [2.45, 2.75) is 19.8 Å². The van der Waals surface area contributed by atoms with Crippen molar-refractivity contribution in [3.8, 4) is 0 Å². The molecule has 0 bridgehead atoms. The monoisotopic (exact) mass is 296 g/mol. The van der Waals surface area contributed by atoms with Gasteiger partial charge in [-0.25, -0.2) is 0 Å². The Kier molecular flexibility index (Phi) is 4.27. The smallest absolute Gasteiger partial charge is 0.185 e. The summed E-state index contributed by atoms with van der Waals surface area (Å²) in [4.78, 5) is 12.3. The maximum absolute atomic E-state index is 12.3. The van der Waals surface area contributed by atoms with Crippen molar-refractivity contribution in [1.82, 2.24) is 9.78 Å². The molecule has 0 spiro atoms. The number of hydrogen-bond donors (Lipinski definition) is 0. The van der Waals surface area contributed by atoms with Crippen LogP contribution in [0.4, 0.5) is 0 Å². The fraction of sp³-hybridized carbons (Fsp3) is 0.286. The maximum atomic E-state index is 12.3. The van der Waals surface area contributed by atoms with Crippen LogP contribution in [-0.4, -0.2) is 15.6 Å². The van der Waals surface area contributed by atoms with Gasteiger partial charge in [0.15, 0.2) is 5.78 Å². The lowest BCUT2D eigenvalue weighted by atomic mass is 10.1. The number of rotatable bonds is 4. The summed E-state index contributed by atoms with van der Waals surface area (Å²) in [5, 5.41) is 5.17. The lowest BCUT2D eigenvalue weighted by Gasteiger charge is -2.05. The summed E-state index contributed by atoms with van der Waals surface area (Å²) in [5.74, 6) is -0.0149. The number of benzene rings is 1. The van der Waals surface area contributed by atoms with Gasteiger partial charge in [0, 0.05) is 13.5 Å². The lowest BCUT2D eigenvalue weighted by molar-refractivity contribution is 0.0984. The molecule has 0 unspecified atom stereocenters. The number of ketones is 1. The van der Waals surface area contributed by atoms with E-state index in [1.54, 1.807) is 23.9 Å². The summed E-state index contributed by atoms with van der Waals surface area (Å²) < 4.78 is 1.61. The van der Waals surface area contributed by atoms with E-state index in [0.717, 1.165) is 17.7 Å². The molecule has 0 saturated carbocycles. The van der Waals surface area contributed by atoms with Crippen molar-refractivity contribution in [1.29, 1.82) is 0 Å². The number of carbonyl (C=O) groups excluding carboxylic acids is 1. The third-order valence-corrected chi connectivity index (χ3v) is 3.82. The van der Waals surface area contributed by atoms with Crippen molar-refractivity contribution < 1.29 is 4.79 Å². The number of halogens is 2. The van der Waals surface area contributed by atoms with E-state index in [-0.39, 0.29) is 12.2 Å². The fourth-order valence-electron chi connectivity index (χ4n) is 1.91. The molecular formula is C14H14Cl2N2O. The summed E-state index contributed by atoms with van der Waals surface area (Å²) in [6, 6.07) is 7.12. The van der Waals surface area contributed by atoms with Gasteiger partial charge >= 0.3 is 0 Å². The Balaban J connectivity index is 2.25. The van der Waals surface area contributed by atoms with Crippen LogP contribution >= 0.6 is 23.2 Å². The van der Waals surface area contributed by atoms with Crippen LogP contribution < -0.4 is 0 Å². The second-order valence-corrected chi connectivity index (χ2v) is 5.10. The third-order valence-electron chi connectivity index (χ3n) is 2.96. The van der Waals surface area contributed by atoms with E-state index >= 15 is 0 Å². The van der Waals surface area contributed by atoms with E-state index in [9.17, 15) is 4.79 Å². The van der Waals surface area contributed by atoms with E-state index in [1.807, 2.05) is 19.1 Å². The molecule has 3 nitrogen and oxygen atoms in total. The highest BCUT2D eigenvalue weighted by Crippen LogP contribution is 2.26. The van der Waals surface area contributed by atoms with Crippen LogP contribution in [0.1, 0.15) is 28.7 Å². The number of aryl methyl sites for hydroxylation is 2. The van der Waals surface area contributed by atoms with Gasteiger partial charge in [-0.1, -0.05) is 42.3 Å². The zero-order valence-corrected chi connectivity index (χ0v) is 12.3. The Labute approximate surface area is 122 Å². The largest absolute Gasteiger partial charge is 0.292 e. The molecule has 2 aromatic rings. The molecule has 0 atom stereocenters. The number of carbonyl (C=O) groups is 1. The predicted octanol–water partition coefficient (Wildman–Crippen LogP) is 3.71. The molecule has 0 amide bonds. The van der Waals surface area contributed by atoms with Crippen molar-refractivity contribution in [3.05, 3.63) is 51.3 Å². The zero-order valence-electron chi connectivity index (χ0n) is 10.8. The van der Waals surface area contributed by atoms with Crippen molar-refractivity contribution in [2.75, 3.05) is 0 Å². The Morgan fingerprint density at radius 2 is 2.11 bits per heavy atom. The second-order valence-electron chi connectivity index (χ2n) is 4.31. The molecule has 0 aliphatic heterocycles. The van der Waals surface area contributed by atoms with Crippen LogP contribution in [0.3, 0.4) is 0 Å². The van der Waals surface area contributed by atoms with Crippen LogP contribution in [0.15, 0.2) is 24.3 Å². The molecular weight excluding hydrogens is 283 g/mol. The van der Waals surface area contributed by atoms with Crippen LogP contribution in [0.2, 0.25) is 10.0 Å². The van der Waals surface area contributed by atoms with Crippen LogP contribution in [0, 0.1) is 0 Å². The van der Waals surface area contributed by atoms with E-state index in [4.69, 9.17) is 23.2 Å². The van der Waals surface area contributed by atoms with Gasteiger partial charge in [0.1, 0.15) is 5.69 Å². The molecule has 0 aliphatic rings. The minimum absolute atomic E-state index is 0.0149. The van der Waals surface area contributed by atoms with Gasteiger partial charge < -0.3 is 0 Å². The van der Waals surface area contributed by atoms with E-state index < -0.39 is 0 Å². The summed E-state index contributed by atoms with van der Waals surface area (Å²) in [6.45, 7) is 2.00. The first-order chi connectivity index (χ1) is 9.02. The molecule has 100 valence electrons. The van der Waals surface area contributed by atoms with Gasteiger partial charge in [-0.2, -0.15) is 5.10 Å². The predicted molar refractivity (Wildman–Crippen MR) is 77.1 cm³/mol. The highest BCUT2D eigenvalue weighted by molar-refractivity contribution is 6.42. The molecule has 5 heteroatoms. The molecule has 19 heavy (non-hydrogen) atoms. The average Bonchev–Trinajstić information content (AvgIpc) is 2.76. The molecule has 2 rings (SSSR count). The standard InChI is InChI=1S/C14H14Cl2N2O/c1-3-10-8-12(18(2)17-10)13(19)7-9-5-4-6-11(15)14(9)16/h4-6,8H,3,7H2,1-2H3. The first-order valence-corrected chi connectivity index (χ1v) is 6.77. The molecule has 0 aliphatic carbocycles. The molecule has 1 heterocycles. The zero-order chi connectivity index (χ0) is 14.0. The van der Waals surface area contributed by atoms with Gasteiger partial charge in [0.25, 0.3) is 0 Å². The van der Waals surface area contributed by atoms with Gasteiger partial charge in [-0.3, -0.25) is 9.48 Å². The normalized spacial score (nSPS) is 10.7. The van der Waals surface area contributed by atoms with Crippen LogP contribution in [-0.2, 0) is 19.9 Å². The van der Waals surface area contributed by atoms with Crippen LogP contribution in [0.25, 0.3) is 0 Å². The summed E-state index contributed by atoms with van der Waals surface area (Å²) in [6.07, 6.45) is 1.03. The Hall–Kier alpha value is -1.32. The highest BCUT2D eigenvalue weighted by atomic mass is 35.5. The van der Waals surface area contributed by atoms with E-state index in [0.29, 0.717) is 15.7 Å². The minimum atomic E-state index is -0.0149. The number of Topliss-reactive ketones (excluding diaryl/α,β-unsaturated/α-hetero) is 1.